The molecule has 0 atom stereocenters. The van der Waals surface area contributed by atoms with Crippen LogP contribution in [0.5, 0.6) is 0 Å². The van der Waals surface area contributed by atoms with E-state index in [1.807, 2.05) is 24.0 Å². The fraction of sp³-hybridized carbons (Fsp3) is 0.158. The predicted molar refractivity (Wildman–Crippen MR) is 110 cm³/mol. The van der Waals surface area contributed by atoms with Gasteiger partial charge in [-0.25, -0.2) is 9.97 Å². The van der Waals surface area contributed by atoms with Crippen molar-refractivity contribution in [3.8, 4) is 0 Å². The summed E-state index contributed by atoms with van der Waals surface area (Å²) in [5.74, 6) is 1.13. The Morgan fingerprint density at radius 3 is 2.62 bits per heavy atom. The number of nitrogens with two attached hydrogens (primary N) is 1. The van der Waals surface area contributed by atoms with Gasteiger partial charge in [0.15, 0.2) is 11.6 Å². The number of hydrogen-bond donors (Lipinski definition) is 2. The second-order valence-electron chi connectivity index (χ2n) is 5.79. The van der Waals surface area contributed by atoms with Gasteiger partial charge in [0.1, 0.15) is 12.0 Å². The number of nitrogens with one attached hydrogen (secondary N) is 1. The topological polar surface area (TPSA) is 67.1 Å². The highest BCUT2D eigenvalue weighted by molar-refractivity contribution is 6.36. The molecular formula is C19H19Cl2N5. The van der Waals surface area contributed by atoms with Crippen molar-refractivity contribution in [2.75, 3.05) is 22.5 Å². The van der Waals surface area contributed by atoms with Crippen LogP contribution in [0.15, 0.2) is 48.8 Å². The van der Waals surface area contributed by atoms with Gasteiger partial charge in [0.2, 0.25) is 0 Å². The van der Waals surface area contributed by atoms with Gasteiger partial charge in [0.05, 0.1) is 10.7 Å². The van der Waals surface area contributed by atoms with E-state index in [1.165, 1.54) is 11.9 Å². The van der Waals surface area contributed by atoms with E-state index < -0.39 is 0 Å². The Balaban J connectivity index is 1.98. The molecule has 0 fully saturated rings. The molecule has 0 aliphatic heterocycles. The van der Waals surface area contributed by atoms with Crippen molar-refractivity contribution in [2.24, 2.45) is 0 Å². The van der Waals surface area contributed by atoms with E-state index in [4.69, 9.17) is 28.9 Å². The fourth-order valence-electron chi connectivity index (χ4n) is 2.67. The van der Waals surface area contributed by atoms with Crippen molar-refractivity contribution in [3.05, 3.63) is 64.4 Å². The standard InChI is InChI=1S/C19H19Cl2N5/c1-3-26(14-6-4-5-12(2)9-14)19-17(22)18(23-11-24-19)25-16-8-7-13(20)10-15(16)21/h4-11H,3,22H2,1-2H3,(H,23,24,25). The lowest BCUT2D eigenvalue weighted by atomic mass is 10.2. The Labute approximate surface area is 162 Å². The van der Waals surface area contributed by atoms with Gasteiger partial charge in [-0.15, -0.1) is 0 Å². The average Bonchev–Trinajstić information content (AvgIpc) is 2.61. The van der Waals surface area contributed by atoms with E-state index in [2.05, 4.69) is 34.3 Å². The van der Waals surface area contributed by atoms with Gasteiger partial charge in [0.25, 0.3) is 0 Å². The summed E-state index contributed by atoms with van der Waals surface area (Å²) in [5, 5.41) is 4.21. The molecule has 3 aromatic rings. The SMILES string of the molecule is CCN(c1cccc(C)c1)c1ncnc(Nc2ccc(Cl)cc2Cl)c1N. The van der Waals surface area contributed by atoms with Crippen molar-refractivity contribution in [3.63, 3.8) is 0 Å². The number of benzene rings is 2. The largest absolute Gasteiger partial charge is 0.393 e. The predicted octanol–water partition coefficient (Wildman–Crippen LogP) is 5.58. The first-order valence-corrected chi connectivity index (χ1v) is 8.92. The lowest BCUT2D eigenvalue weighted by Crippen LogP contribution is -2.20. The second kappa shape index (κ2) is 7.81. The summed E-state index contributed by atoms with van der Waals surface area (Å²) in [7, 11) is 0. The smallest absolute Gasteiger partial charge is 0.161 e. The van der Waals surface area contributed by atoms with E-state index in [0.29, 0.717) is 39.6 Å². The van der Waals surface area contributed by atoms with Crippen LogP contribution in [0.4, 0.5) is 28.7 Å². The van der Waals surface area contributed by atoms with E-state index in [0.717, 1.165) is 5.69 Å². The molecule has 26 heavy (non-hydrogen) atoms. The second-order valence-corrected chi connectivity index (χ2v) is 6.64. The van der Waals surface area contributed by atoms with Crippen LogP contribution in [0, 0.1) is 6.92 Å². The van der Waals surface area contributed by atoms with E-state index in [9.17, 15) is 0 Å². The maximum atomic E-state index is 6.36. The normalized spacial score (nSPS) is 10.6. The molecule has 0 saturated heterocycles. The minimum atomic E-state index is 0.446. The molecule has 7 heteroatoms. The first-order valence-electron chi connectivity index (χ1n) is 8.16. The monoisotopic (exact) mass is 387 g/mol. The summed E-state index contributed by atoms with van der Waals surface area (Å²) >= 11 is 12.2. The van der Waals surface area contributed by atoms with Gasteiger partial charge < -0.3 is 16.0 Å². The van der Waals surface area contributed by atoms with E-state index >= 15 is 0 Å². The van der Waals surface area contributed by atoms with Gasteiger partial charge >= 0.3 is 0 Å². The van der Waals surface area contributed by atoms with Gasteiger partial charge in [-0.1, -0.05) is 35.3 Å². The van der Waals surface area contributed by atoms with Gasteiger partial charge in [0, 0.05) is 17.3 Å². The molecule has 0 radical (unpaired) electrons. The lowest BCUT2D eigenvalue weighted by Gasteiger charge is -2.24. The van der Waals surface area contributed by atoms with Crippen molar-refractivity contribution < 1.29 is 0 Å². The molecule has 3 N–H and O–H groups in total. The van der Waals surface area contributed by atoms with Crippen molar-refractivity contribution in [1.82, 2.24) is 9.97 Å². The number of aromatic nitrogens is 2. The Bertz CT molecular complexity index is 930. The summed E-state index contributed by atoms with van der Waals surface area (Å²) in [6, 6.07) is 13.4. The van der Waals surface area contributed by atoms with Crippen LogP contribution in [-0.4, -0.2) is 16.5 Å². The molecular weight excluding hydrogens is 369 g/mol. The van der Waals surface area contributed by atoms with Crippen molar-refractivity contribution >= 4 is 51.9 Å². The van der Waals surface area contributed by atoms with Gasteiger partial charge in [-0.05, 0) is 49.7 Å². The fourth-order valence-corrected chi connectivity index (χ4v) is 3.13. The molecule has 2 aromatic carbocycles. The third kappa shape index (κ3) is 3.84. The number of aryl methyl sites for hydroxylation is 1. The zero-order chi connectivity index (χ0) is 18.7. The van der Waals surface area contributed by atoms with Crippen LogP contribution < -0.4 is 16.0 Å². The third-order valence-corrected chi connectivity index (χ3v) is 4.48. The van der Waals surface area contributed by atoms with Crippen LogP contribution >= 0.6 is 23.2 Å². The number of anilines is 5. The lowest BCUT2D eigenvalue weighted by molar-refractivity contribution is 0.979. The Morgan fingerprint density at radius 1 is 1.12 bits per heavy atom. The number of nitrogens with zero attached hydrogens (tertiary/aromatic N) is 3. The number of halogens is 2. The highest BCUT2D eigenvalue weighted by Crippen LogP contribution is 2.35. The quantitative estimate of drug-likeness (QED) is 0.598. The first kappa shape index (κ1) is 18.3. The summed E-state index contributed by atoms with van der Waals surface area (Å²) in [4.78, 5) is 10.7. The molecule has 1 heterocycles. The van der Waals surface area contributed by atoms with Gasteiger partial charge in [-0.2, -0.15) is 0 Å². The molecule has 5 nitrogen and oxygen atoms in total. The van der Waals surface area contributed by atoms with Crippen molar-refractivity contribution in [1.29, 1.82) is 0 Å². The third-order valence-electron chi connectivity index (χ3n) is 3.93. The Kier molecular flexibility index (Phi) is 5.49. The van der Waals surface area contributed by atoms with Gasteiger partial charge in [-0.3, -0.25) is 0 Å². The Morgan fingerprint density at radius 2 is 1.92 bits per heavy atom. The summed E-state index contributed by atoms with van der Waals surface area (Å²) in [6.45, 7) is 4.81. The molecule has 0 spiro atoms. The molecule has 3 rings (SSSR count). The molecule has 0 bridgehead atoms. The maximum Gasteiger partial charge on any atom is 0.161 e. The van der Waals surface area contributed by atoms with Crippen LogP contribution in [0.1, 0.15) is 12.5 Å². The molecule has 0 saturated carbocycles. The zero-order valence-corrected chi connectivity index (χ0v) is 16.0. The molecule has 1 aromatic heterocycles. The minimum absolute atomic E-state index is 0.446. The van der Waals surface area contributed by atoms with E-state index in [-0.39, 0.29) is 0 Å². The highest BCUT2D eigenvalue weighted by atomic mass is 35.5. The number of hydrogen-bond acceptors (Lipinski definition) is 5. The van der Waals surface area contributed by atoms with Crippen LogP contribution in [0.25, 0.3) is 0 Å². The molecule has 0 aliphatic rings. The Hall–Kier alpha value is -2.50. The molecule has 134 valence electrons. The van der Waals surface area contributed by atoms with E-state index in [1.54, 1.807) is 18.2 Å². The minimum Gasteiger partial charge on any atom is -0.393 e. The van der Waals surface area contributed by atoms with Crippen molar-refractivity contribution in [2.45, 2.75) is 13.8 Å². The van der Waals surface area contributed by atoms with Crippen LogP contribution in [0.2, 0.25) is 10.0 Å². The van der Waals surface area contributed by atoms with Crippen LogP contribution in [0.3, 0.4) is 0 Å². The molecule has 0 amide bonds. The number of rotatable bonds is 5. The van der Waals surface area contributed by atoms with Crippen LogP contribution in [-0.2, 0) is 0 Å². The zero-order valence-electron chi connectivity index (χ0n) is 14.5. The first-order chi connectivity index (χ1) is 12.5. The molecule has 0 aliphatic carbocycles. The summed E-state index contributed by atoms with van der Waals surface area (Å²) < 4.78 is 0. The summed E-state index contributed by atoms with van der Waals surface area (Å²) in [5.41, 5.74) is 9.67. The highest BCUT2D eigenvalue weighted by Gasteiger charge is 2.16. The maximum absolute atomic E-state index is 6.36. The molecule has 0 unspecified atom stereocenters. The summed E-state index contributed by atoms with van der Waals surface area (Å²) in [6.07, 6.45) is 1.48. The number of nitrogen functional groups attached to an aromatic ring is 1. The average molecular weight is 388 g/mol.